The number of terminal acetylenes is 1. The Morgan fingerprint density at radius 2 is 1.00 bits per heavy atom. The summed E-state index contributed by atoms with van der Waals surface area (Å²) in [6, 6.07) is 0. The van der Waals surface area contributed by atoms with Gasteiger partial charge in [0.05, 0.1) is 0 Å². The monoisotopic (exact) mass is 368 g/mol. The van der Waals surface area contributed by atoms with Gasteiger partial charge in [0.1, 0.15) is 0 Å². The van der Waals surface area contributed by atoms with E-state index in [0.29, 0.717) is 0 Å². The van der Waals surface area contributed by atoms with E-state index in [9.17, 15) is 0 Å². The predicted octanol–water partition coefficient (Wildman–Crippen LogP) is 6.48. The molecule has 0 aromatic rings. The van der Waals surface area contributed by atoms with Gasteiger partial charge < -0.3 is 0 Å². The molecule has 0 amide bonds. The molecule has 0 spiro atoms. The predicted molar refractivity (Wildman–Crippen MR) is 90.6 cm³/mol. The second-order valence-electron chi connectivity index (χ2n) is 4.49. The molecule has 0 aromatic heterocycles. The molecule has 0 unspecified atom stereocenters. The van der Waals surface area contributed by atoms with Crippen LogP contribution < -0.4 is 0 Å². The van der Waals surface area contributed by atoms with E-state index in [2.05, 4.69) is 12.8 Å². The molecule has 2 heteroatoms. The minimum absolute atomic E-state index is 0. The molecule has 0 aliphatic carbocycles. The van der Waals surface area contributed by atoms with Crippen LogP contribution >= 0.6 is 34.0 Å². The smallest absolute Gasteiger partial charge is 0.00860 e. The fraction of sp³-hybridized carbons (Fsp3) is 0.867. The second kappa shape index (κ2) is 21.8. The van der Waals surface area contributed by atoms with Crippen LogP contribution in [-0.2, 0) is 0 Å². The molecule has 0 fully saturated rings. The second-order valence-corrected chi connectivity index (χ2v) is 4.49. The highest BCUT2D eigenvalue weighted by atomic mass is 79.9. The zero-order chi connectivity index (χ0) is 11.2. The molecule has 0 radical (unpaired) electrons. The molecule has 0 saturated carbocycles. The van der Waals surface area contributed by atoms with E-state index in [0.717, 1.165) is 6.42 Å². The molecule has 0 nitrogen and oxygen atoms in total. The lowest BCUT2D eigenvalue weighted by Gasteiger charge is -2.01. The number of halogens is 2. The van der Waals surface area contributed by atoms with Gasteiger partial charge in [0.15, 0.2) is 0 Å². The lowest BCUT2D eigenvalue weighted by molar-refractivity contribution is 0.551. The Morgan fingerprint density at radius 3 is 1.35 bits per heavy atom. The van der Waals surface area contributed by atoms with Crippen molar-refractivity contribution in [2.24, 2.45) is 0 Å². The highest BCUT2D eigenvalue weighted by Gasteiger charge is 1.92. The maximum atomic E-state index is 5.20. The lowest BCUT2D eigenvalue weighted by Crippen LogP contribution is -1.81. The summed E-state index contributed by atoms with van der Waals surface area (Å²) in [5, 5.41) is 0. The molecule has 0 saturated heterocycles. The van der Waals surface area contributed by atoms with Gasteiger partial charge in [-0.2, -0.15) is 0 Å². The van der Waals surface area contributed by atoms with Crippen molar-refractivity contribution in [3.8, 4) is 12.3 Å². The summed E-state index contributed by atoms with van der Waals surface area (Å²) in [6.45, 7) is 2.27. The fourth-order valence-corrected chi connectivity index (χ4v) is 1.89. The van der Waals surface area contributed by atoms with Gasteiger partial charge in [-0.25, -0.2) is 0 Å². The van der Waals surface area contributed by atoms with E-state index < -0.39 is 0 Å². The van der Waals surface area contributed by atoms with Crippen molar-refractivity contribution in [3.63, 3.8) is 0 Å². The summed E-state index contributed by atoms with van der Waals surface area (Å²) >= 11 is 0. The van der Waals surface area contributed by atoms with Crippen LogP contribution in [0.1, 0.15) is 84.0 Å². The molecule has 0 rings (SSSR count). The van der Waals surface area contributed by atoms with Crippen molar-refractivity contribution in [1.29, 1.82) is 0 Å². The Morgan fingerprint density at radius 1 is 0.647 bits per heavy atom. The lowest BCUT2D eigenvalue weighted by atomic mass is 10.1. The van der Waals surface area contributed by atoms with Crippen molar-refractivity contribution in [2.75, 3.05) is 0 Å². The van der Waals surface area contributed by atoms with E-state index in [4.69, 9.17) is 6.42 Å². The molecule has 0 aliphatic rings. The van der Waals surface area contributed by atoms with Crippen LogP contribution in [-0.4, -0.2) is 0 Å². The van der Waals surface area contributed by atoms with Crippen LogP contribution in [0.3, 0.4) is 0 Å². The van der Waals surface area contributed by atoms with Crippen LogP contribution in [0.5, 0.6) is 0 Å². The van der Waals surface area contributed by atoms with Gasteiger partial charge in [0.2, 0.25) is 0 Å². The highest BCUT2D eigenvalue weighted by molar-refractivity contribution is 8.93. The van der Waals surface area contributed by atoms with Gasteiger partial charge in [-0.1, -0.05) is 71.1 Å². The zero-order valence-corrected chi connectivity index (χ0v) is 14.8. The van der Waals surface area contributed by atoms with Gasteiger partial charge >= 0.3 is 0 Å². The molecular formula is C15H30Br2. The summed E-state index contributed by atoms with van der Waals surface area (Å²) in [5.41, 5.74) is 0. The molecule has 0 heterocycles. The average Bonchev–Trinajstić information content (AvgIpc) is 2.26. The topological polar surface area (TPSA) is 0 Å². The quantitative estimate of drug-likeness (QED) is 0.289. The van der Waals surface area contributed by atoms with Crippen molar-refractivity contribution >= 4 is 34.0 Å². The summed E-state index contributed by atoms with van der Waals surface area (Å²) in [4.78, 5) is 0. The first kappa shape index (κ1) is 22.7. The van der Waals surface area contributed by atoms with Crippen LogP contribution in [0.15, 0.2) is 0 Å². The van der Waals surface area contributed by atoms with E-state index in [1.165, 1.54) is 70.6 Å². The van der Waals surface area contributed by atoms with E-state index >= 15 is 0 Å². The maximum absolute atomic E-state index is 5.20. The van der Waals surface area contributed by atoms with Crippen LogP contribution in [0.4, 0.5) is 0 Å². The molecular weight excluding hydrogens is 340 g/mol. The standard InChI is InChI=1S/C15H28.2BrH/c1-3-5-7-9-11-13-15-14-12-10-8-6-4-2;;/h1H,4-15H2,2H3;2*1H. The Hall–Kier alpha value is 0.520. The number of unbranched alkanes of at least 4 members (excludes halogenated alkanes) is 11. The molecule has 0 aromatic carbocycles. The van der Waals surface area contributed by atoms with Crippen molar-refractivity contribution in [3.05, 3.63) is 0 Å². The molecule has 0 atom stereocenters. The summed E-state index contributed by atoms with van der Waals surface area (Å²) in [6.07, 6.45) is 21.5. The minimum atomic E-state index is 0. The zero-order valence-electron chi connectivity index (χ0n) is 11.4. The third kappa shape index (κ3) is 22.2. The highest BCUT2D eigenvalue weighted by Crippen LogP contribution is 2.11. The van der Waals surface area contributed by atoms with E-state index in [-0.39, 0.29) is 34.0 Å². The van der Waals surface area contributed by atoms with Gasteiger partial charge in [0.25, 0.3) is 0 Å². The Labute approximate surface area is 130 Å². The summed E-state index contributed by atoms with van der Waals surface area (Å²) < 4.78 is 0. The maximum Gasteiger partial charge on any atom is 0.00860 e. The molecule has 0 aliphatic heterocycles. The molecule has 0 N–H and O–H groups in total. The first-order chi connectivity index (χ1) is 7.41. The number of hydrogen-bond acceptors (Lipinski definition) is 0. The Bertz CT molecular complexity index is 149. The van der Waals surface area contributed by atoms with Crippen LogP contribution in [0.2, 0.25) is 0 Å². The first-order valence-electron chi connectivity index (χ1n) is 6.85. The SMILES string of the molecule is Br.Br.C#CCCCCCCCCCCCCC. The van der Waals surface area contributed by atoms with Gasteiger partial charge in [-0.3, -0.25) is 0 Å². The molecule has 104 valence electrons. The Balaban J connectivity index is -0.000000980. The van der Waals surface area contributed by atoms with Gasteiger partial charge in [-0.05, 0) is 6.42 Å². The molecule has 0 bridgehead atoms. The average molecular weight is 370 g/mol. The minimum Gasteiger partial charge on any atom is -0.120 e. The van der Waals surface area contributed by atoms with Crippen molar-refractivity contribution in [2.45, 2.75) is 84.0 Å². The first-order valence-corrected chi connectivity index (χ1v) is 6.85. The third-order valence-corrected chi connectivity index (χ3v) is 2.92. The largest absolute Gasteiger partial charge is 0.120 e. The van der Waals surface area contributed by atoms with Crippen LogP contribution in [0, 0.1) is 12.3 Å². The van der Waals surface area contributed by atoms with Gasteiger partial charge in [0, 0.05) is 6.42 Å². The van der Waals surface area contributed by atoms with Crippen molar-refractivity contribution < 1.29 is 0 Å². The van der Waals surface area contributed by atoms with Crippen LogP contribution in [0.25, 0.3) is 0 Å². The summed E-state index contributed by atoms with van der Waals surface area (Å²) in [7, 11) is 0. The van der Waals surface area contributed by atoms with Gasteiger partial charge in [-0.15, -0.1) is 46.3 Å². The third-order valence-electron chi connectivity index (χ3n) is 2.92. The van der Waals surface area contributed by atoms with E-state index in [1.807, 2.05) is 0 Å². The number of rotatable bonds is 11. The normalized spacial score (nSPS) is 8.94. The van der Waals surface area contributed by atoms with Crippen molar-refractivity contribution in [1.82, 2.24) is 0 Å². The number of hydrogen-bond donors (Lipinski definition) is 0. The van der Waals surface area contributed by atoms with E-state index in [1.54, 1.807) is 0 Å². The summed E-state index contributed by atoms with van der Waals surface area (Å²) in [5.74, 6) is 2.70. The molecule has 17 heavy (non-hydrogen) atoms. The Kier molecular flexibility index (Phi) is 29.0. The fourth-order valence-electron chi connectivity index (χ4n) is 1.89.